The Labute approximate surface area is 154 Å². The van der Waals surface area contributed by atoms with Gasteiger partial charge in [0.2, 0.25) is 5.91 Å². The van der Waals surface area contributed by atoms with Gasteiger partial charge in [0.15, 0.2) is 0 Å². The Morgan fingerprint density at radius 2 is 2.08 bits per heavy atom. The van der Waals surface area contributed by atoms with Gasteiger partial charge in [-0.2, -0.15) is 0 Å². The van der Waals surface area contributed by atoms with Gasteiger partial charge in [0.05, 0.1) is 7.11 Å². The number of nitrogens with one attached hydrogen (secondary N) is 1. The smallest absolute Gasteiger partial charge is 0.342 e. The molecule has 1 aliphatic rings. The molecule has 6 heteroatoms. The van der Waals surface area contributed by atoms with Gasteiger partial charge in [0, 0.05) is 23.6 Å². The Morgan fingerprint density at radius 3 is 2.69 bits per heavy atom. The van der Waals surface area contributed by atoms with Crippen molar-refractivity contribution in [3.05, 3.63) is 33.9 Å². The standard InChI is InChI=1S/C20H27NO5/c1-11(2)21-16(22)9-7-12(3)6-8-14-18(23)17-15(10-26-20(17)24)13(4)19(14)25-5/h6,11,23H,7-10H2,1-5H3,(H,21,22). The molecule has 0 unspecified atom stereocenters. The van der Waals surface area contributed by atoms with Crippen LogP contribution in [0.5, 0.6) is 11.5 Å². The number of methoxy groups -OCH3 is 1. The molecule has 6 nitrogen and oxygen atoms in total. The van der Waals surface area contributed by atoms with Gasteiger partial charge < -0.3 is 19.9 Å². The van der Waals surface area contributed by atoms with E-state index in [-0.39, 0.29) is 29.9 Å². The van der Waals surface area contributed by atoms with Crippen molar-refractivity contribution < 1.29 is 24.2 Å². The maximum atomic E-state index is 11.9. The van der Waals surface area contributed by atoms with Gasteiger partial charge in [0.25, 0.3) is 0 Å². The Kier molecular flexibility index (Phi) is 6.29. The zero-order valence-electron chi connectivity index (χ0n) is 16.1. The number of fused-ring (bicyclic) bond motifs is 1. The molecule has 1 aromatic carbocycles. The normalized spacial score (nSPS) is 13.6. The van der Waals surface area contributed by atoms with Gasteiger partial charge in [-0.05, 0) is 46.1 Å². The lowest BCUT2D eigenvalue weighted by Crippen LogP contribution is -2.29. The van der Waals surface area contributed by atoms with Crippen LogP contribution in [0.15, 0.2) is 11.6 Å². The number of amides is 1. The predicted octanol–water partition coefficient (Wildman–Crippen LogP) is 3.17. The third-order valence-electron chi connectivity index (χ3n) is 4.50. The number of carbonyl (C=O) groups excluding carboxylic acids is 2. The lowest BCUT2D eigenvalue weighted by Gasteiger charge is -2.15. The Bertz CT molecular complexity index is 749. The molecule has 0 spiro atoms. The Morgan fingerprint density at radius 1 is 1.38 bits per heavy atom. The van der Waals surface area contributed by atoms with Gasteiger partial charge >= 0.3 is 5.97 Å². The first-order valence-corrected chi connectivity index (χ1v) is 8.79. The fraction of sp³-hybridized carbons (Fsp3) is 0.500. The number of esters is 1. The number of allylic oxidation sites excluding steroid dienone is 2. The van der Waals surface area contributed by atoms with E-state index in [1.807, 2.05) is 33.8 Å². The molecular formula is C20H27NO5. The topological polar surface area (TPSA) is 84.9 Å². The van der Waals surface area contributed by atoms with Gasteiger partial charge in [0.1, 0.15) is 23.7 Å². The summed E-state index contributed by atoms with van der Waals surface area (Å²) in [7, 11) is 1.54. The third-order valence-corrected chi connectivity index (χ3v) is 4.50. The number of phenols is 1. The van der Waals surface area contributed by atoms with Crippen molar-refractivity contribution in [1.29, 1.82) is 0 Å². The first kappa shape index (κ1) is 19.8. The molecule has 26 heavy (non-hydrogen) atoms. The second-order valence-corrected chi connectivity index (χ2v) is 6.89. The Balaban J connectivity index is 2.19. The van der Waals surface area contributed by atoms with Crippen molar-refractivity contribution in [3.8, 4) is 11.5 Å². The average molecular weight is 361 g/mol. The van der Waals surface area contributed by atoms with Crippen molar-refractivity contribution in [2.75, 3.05) is 7.11 Å². The van der Waals surface area contributed by atoms with E-state index in [4.69, 9.17) is 9.47 Å². The molecule has 1 amide bonds. The molecule has 0 fully saturated rings. The molecule has 0 radical (unpaired) electrons. The van der Waals surface area contributed by atoms with Crippen molar-refractivity contribution in [3.63, 3.8) is 0 Å². The highest BCUT2D eigenvalue weighted by Crippen LogP contribution is 2.42. The molecule has 2 N–H and O–H groups in total. The summed E-state index contributed by atoms with van der Waals surface area (Å²) < 4.78 is 10.5. The molecule has 1 heterocycles. The highest BCUT2D eigenvalue weighted by Gasteiger charge is 2.31. The number of rotatable bonds is 7. The number of hydrogen-bond acceptors (Lipinski definition) is 5. The summed E-state index contributed by atoms with van der Waals surface area (Å²) in [6.45, 7) is 7.81. The van der Waals surface area contributed by atoms with Crippen LogP contribution in [0.3, 0.4) is 0 Å². The quantitative estimate of drug-likeness (QED) is 0.575. The second-order valence-electron chi connectivity index (χ2n) is 6.89. The number of aromatic hydroxyl groups is 1. The molecule has 1 aromatic rings. The molecule has 0 aliphatic carbocycles. The molecule has 142 valence electrons. The highest BCUT2D eigenvalue weighted by molar-refractivity contribution is 5.98. The maximum absolute atomic E-state index is 11.9. The van der Waals surface area contributed by atoms with E-state index in [1.54, 1.807) is 7.11 Å². The van der Waals surface area contributed by atoms with Crippen molar-refractivity contribution in [1.82, 2.24) is 5.32 Å². The zero-order chi connectivity index (χ0) is 19.4. The SMILES string of the molecule is COc1c(C)c2c(c(O)c1CC=C(C)CCC(=O)NC(C)C)C(=O)OC2. The monoisotopic (exact) mass is 361 g/mol. The van der Waals surface area contributed by atoms with Crippen LogP contribution in [-0.4, -0.2) is 30.1 Å². The van der Waals surface area contributed by atoms with Crippen LogP contribution in [0.25, 0.3) is 0 Å². The number of hydrogen-bond donors (Lipinski definition) is 2. The van der Waals surface area contributed by atoms with Crippen LogP contribution in [0.4, 0.5) is 0 Å². The number of carbonyl (C=O) groups is 2. The summed E-state index contributed by atoms with van der Waals surface area (Å²) in [6.07, 6.45) is 3.41. The van der Waals surface area contributed by atoms with E-state index >= 15 is 0 Å². The lowest BCUT2D eigenvalue weighted by atomic mass is 9.94. The number of ether oxygens (including phenoxy) is 2. The van der Waals surface area contributed by atoms with Crippen LogP contribution in [0, 0.1) is 6.92 Å². The molecule has 0 aromatic heterocycles. The lowest BCUT2D eigenvalue weighted by molar-refractivity contribution is -0.121. The largest absolute Gasteiger partial charge is 0.507 e. The van der Waals surface area contributed by atoms with Crippen LogP contribution in [0.2, 0.25) is 0 Å². The first-order chi connectivity index (χ1) is 12.3. The van der Waals surface area contributed by atoms with Crippen LogP contribution < -0.4 is 10.1 Å². The third kappa shape index (κ3) is 4.18. The number of phenolic OH excluding ortho intramolecular Hbond substituents is 1. The van der Waals surface area contributed by atoms with Crippen molar-refractivity contribution in [2.24, 2.45) is 0 Å². The molecular weight excluding hydrogens is 334 g/mol. The minimum absolute atomic E-state index is 0.0179. The zero-order valence-corrected chi connectivity index (χ0v) is 16.1. The van der Waals surface area contributed by atoms with E-state index in [0.29, 0.717) is 36.1 Å². The summed E-state index contributed by atoms with van der Waals surface area (Å²) in [5, 5.41) is 13.4. The minimum Gasteiger partial charge on any atom is -0.507 e. The summed E-state index contributed by atoms with van der Waals surface area (Å²) in [6, 6.07) is 0.127. The maximum Gasteiger partial charge on any atom is 0.342 e. The van der Waals surface area contributed by atoms with E-state index in [9.17, 15) is 14.7 Å². The van der Waals surface area contributed by atoms with E-state index < -0.39 is 5.97 Å². The van der Waals surface area contributed by atoms with Gasteiger partial charge in [-0.25, -0.2) is 4.79 Å². The number of cyclic esters (lactones) is 1. The van der Waals surface area contributed by atoms with E-state index in [0.717, 1.165) is 11.1 Å². The van der Waals surface area contributed by atoms with Gasteiger partial charge in [-0.1, -0.05) is 11.6 Å². The Hall–Kier alpha value is -2.50. The van der Waals surface area contributed by atoms with Crippen molar-refractivity contribution >= 4 is 11.9 Å². The molecule has 1 aliphatic heterocycles. The molecule has 0 atom stereocenters. The van der Waals surface area contributed by atoms with Gasteiger partial charge in [-0.15, -0.1) is 0 Å². The van der Waals surface area contributed by atoms with Crippen LogP contribution in [0.1, 0.15) is 60.7 Å². The summed E-state index contributed by atoms with van der Waals surface area (Å²) in [5.41, 5.74) is 3.32. The molecule has 0 bridgehead atoms. The molecule has 0 saturated heterocycles. The fourth-order valence-electron chi connectivity index (χ4n) is 3.11. The van der Waals surface area contributed by atoms with Crippen LogP contribution >= 0.6 is 0 Å². The predicted molar refractivity (Wildman–Crippen MR) is 98.5 cm³/mol. The van der Waals surface area contributed by atoms with Crippen LogP contribution in [-0.2, 0) is 22.6 Å². The van der Waals surface area contributed by atoms with Crippen molar-refractivity contribution in [2.45, 2.75) is 59.6 Å². The summed E-state index contributed by atoms with van der Waals surface area (Å²) >= 11 is 0. The average Bonchev–Trinajstić information content (AvgIpc) is 2.96. The molecule has 0 saturated carbocycles. The summed E-state index contributed by atoms with van der Waals surface area (Å²) in [5.74, 6) is 0.00700. The number of benzene rings is 1. The molecule has 2 rings (SSSR count). The second kappa shape index (κ2) is 8.25. The van der Waals surface area contributed by atoms with Gasteiger partial charge in [-0.3, -0.25) is 4.79 Å². The minimum atomic E-state index is -0.504. The highest BCUT2D eigenvalue weighted by atomic mass is 16.5. The first-order valence-electron chi connectivity index (χ1n) is 8.79. The van der Waals surface area contributed by atoms with E-state index in [2.05, 4.69) is 5.32 Å². The van der Waals surface area contributed by atoms with E-state index in [1.165, 1.54) is 0 Å². The summed E-state index contributed by atoms with van der Waals surface area (Å²) in [4.78, 5) is 23.7. The fourth-order valence-corrected chi connectivity index (χ4v) is 3.11.